The lowest BCUT2D eigenvalue weighted by Gasteiger charge is -2.35. The number of benzene rings is 1. The Labute approximate surface area is 97.4 Å². The van der Waals surface area contributed by atoms with Gasteiger partial charge in [-0.2, -0.15) is 0 Å². The third-order valence-corrected chi connectivity index (χ3v) is 3.02. The summed E-state index contributed by atoms with van der Waals surface area (Å²) in [5, 5.41) is 3.16. The summed E-state index contributed by atoms with van der Waals surface area (Å²) in [6.45, 7) is 5.80. The van der Waals surface area contributed by atoms with Crippen molar-refractivity contribution < 1.29 is 4.74 Å². The Morgan fingerprint density at radius 2 is 2.12 bits per heavy atom. The second-order valence-corrected chi connectivity index (χ2v) is 4.31. The normalized spacial score (nSPS) is 21.1. The highest BCUT2D eigenvalue weighted by Crippen LogP contribution is 2.20. The first-order valence-corrected chi connectivity index (χ1v) is 5.89. The lowest BCUT2D eigenvalue weighted by molar-refractivity contribution is 0.0989. The minimum atomic E-state index is 0.476. The Morgan fingerprint density at radius 1 is 1.38 bits per heavy atom. The van der Waals surface area contributed by atoms with Crippen LogP contribution in [0, 0.1) is 0 Å². The maximum Gasteiger partial charge on any atom is 0.0668 e. The lowest BCUT2D eigenvalue weighted by Crippen LogP contribution is -2.43. The third kappa shape index (κ3) is 2.54. The Bertz CT molecular complexity index is 323. The standard InChI is InChI=1S/C13H20N2O/c1-11-10-16-8-7-15(11)13-5-3-12(4-6-13)9-14-2/h3-6,11,14H,7-10H2,1-2H3. The van der Waals surface area contributed by atoms with Crippen molar-refractivity contribution in [2.75, 3.05) is 31.7 Å². The van der Waals surface area contributed by atoms with E-state index in [4.69, 9.17) is 4.74 Å². The van der Waals surface area contributed by atoms with Crippen molar-refractivity contribution in [1.82, 2.24) is 5.32 Å². The summed E-state index contributed by atoms with van der Waals surface area (Å²) in [5.74, 6) is 0. The molecule has 1 N–H and O–H groups in total. The summed E-state index contributed by atoms with van der Waals surface area (Å²) in [4.78, 5) is 2.41. The monoisotopic (exact) mass is 220 g/mol. The van der Waals surface area contributed by atoms with Crippen LogP contribution in [0.15, 0.2) is 24.3 Å². The van der Waals surface area contributed by atoms with E-state index in [2.05, 4.69) is 41.4 Å². The molecule has 1 aliphatic heterocycles. The van der Waals surface area contributed by atoms with Gasteiger partial charge in [0.1, 0.15) is 0 Å². The first-order chi connectivity index (χ1) is 7.81. The highest BCUT2D eigenvalue weighted by molar-refractivity contribution is 5.48. The number of rotatable bonds is 3. The van der Waals surface area contributed by atoms with E-state index in [-0.39, 0.29) is 0 Å². The fraction of sp³-hybridized carbons (Fsp3) is 0.538. The van der Waals surface area contributed by atoms with Crippen LogP contribution in [0.5, 0.6) is 0 Å². The summed E-state index contributed by atoms with van der Waals surface area (Å²) in [5.41, 5.74) is 2.63. The Hall–Kier alpha value is -1.06. The molecule has 88 valence electrons. The van der Waals surface area contributed by atoms with E-state index < -0.39 is 0 Å². The molecule has 0 saturated carbocycles. The van der Waals surface area contributed by atoms with E-state index in [1.807, 2.05) is 7.05 Å². The van der Waals surface area contributed by atoms with Gasteiger partial charge in [0.25, 0.3) is 0 Å². The molecule has 3 heteroatoms. The second kappa shape index (κ2) is 5.32. The average Bonchev–Trinajstić information content (AvgIpc) is 2.31. The van der Waals surface area contributed by atoms with E-state index in [9.17, 15) is 0 Å². The molecule has 1 aromatic carbocycles. The molecule has 0 spiro atoms. The van der Waals surface area contributed by atoms with Crippen LogP contribution in [0.4, 0.5) is 5.69 Å². The largest absolute Gasteiger partial charge is 0.377 e. The highest BCUT2D eigenvalue weighted by Gasteiger charge is 2.18. The Morgan fingerprint density at radius 3 is 2.75 bits per heavy atom. The Balaban J connectivity index is 2.08. The molecular weight excluding hydrogens is 200 g/mol. The number of morpholine rings is 1. The van der Waals surface area contributed by atoms with Crippen LogP contribution in [0.3, 0.4) is 0 Å². The van der Waals surface area contributed by atoms with Gasteiger partial charge in [0.15, 0.2) is 0 Å². The molecule has 1 aromatic rings. The van der Waals surface area contributed by atoms with Crippen LogP contribution in [0.25, 0.3) is 0 Å². The van der Waals surface area contributed by atoms with Gasteiger partial charge in [-0.25, -0.2) is 0 Å². The number of ether oxygens (including phenoxy) is 1. The quantitative estimate of drug-likeness (QED) is 0.838. The fourth-order valence-corrected chi connectivity index (χ4v) is 2.12. The maximum absolute atomic E-state index is 5.44. The zero-order valence-corrected chi connectivity index (χ0v) is 10.1. The van der Waals surface area contributed by atoms with Gasteiger partial charge < -0.3 is 15.0 Å². The van der Waals surface area contributed by atoms with Gasteiger partial charge in [-0.3, -0.25) is 0 Å². The molecule has 0 bridgehead atoms. The van der Waals surface area contributed by atoms with Crippen molar-refractivity contribution in [1.29, 1.82) is 0 Å². The predicted octanol–water partition coefficient (Wildman–Crippen LogP) is 1.63. The number of nitrogens with one attached hydrogen (secondary N) is 1. The van der Waals surface area contributed by atoms with Crippen LogP contribution in [-0.4, -0.2) is 32.8 Å². The molecule has 3 nitrogen and oxygen atoms in total. The van der Waals surface area contributed by atoms with Crippen LogP contribution in [-0.2, 0) is 11.3 Å². The molecular formula is C13H20N2O. The van der Waals surface area contributed by atoms with Crippen molar-refractivity contribution in [3.63, 3.8) is 0 Å². The highest BCUT2D eigenvalue weighted by atomic mass is 16.5. The van der Waals surface area contributed by atoms with Crippen LogP contribution in [0.1, 0.15) is 12.5 Å². The summed E-state index contributed by atoms with van der Waals surface area (Å²) < 4.78 is 5.44. The van der Waals surface area contributed by atoms with E-state index in [0.29, 0.717) is 6.04 Å². The molecule has 1 unspecified atom stereocenters. The molecule has 0 radical (unpaired) electrons. The van der Waals surface area contributed by atoms with Gasteiger partial charge in [-0.05, 0) is 31.7 Å². The molecule has 1 fully saturated rings. The van der Waals surface area contributed by atoms with E-state index in [0.717, 1.165) is 26.3 Å². The average molecular weight is 220 g/mol. The number of hydrogen-bond acceptors (Lipinski definition) is 3. The zero-order valence-electron chi connectivity index (χ0n) is 10.1. The molecule has 1 saturated heterocycles. The van der Waals surface area contributed by atoms with Gasteiger partial charge in [0, 0.05) is 24.8 Å². The molecule has 16 heavy (non-hydrogen) atoms. The Kier molecular flexibility index (Phi) is 3.80. The van der Waals surface area contributed by atoms with E-state index >= 15 is 0 Å². The number of nitrogens with zero attached hydrogens (tertiary/aromatic N) is 1. The minimum Gasteiger partial charge on any atom is -0.377 e. The summed E-state index contributed by atoms with van der Waals surface area (Å²) in [7, 11) is 1.97. The molecule has 1 heterocycles. The minimum absolute atomic E-state index is 0.476. The molecule has 0 aromatic heterocycles. The van der Waals surface area contributed by atoms with Crippen molar-refractivity contribution >= 4 is 5.69 Å². The van der Waals surface area contributed by atoms with Gasteiger partial charge in [0.2, 0.25) is 0 Å². The molecule has 0 amide bonds. The van der Waals surface area contributed by atoms with Crippen molar-refractivity contribution in [3.8, 4) is 0 Å². The smallest absolute Gasteiger partial charge is 0.0668 e. The number of anilines is 1. The van der Waals surface area contributed by atoms with Crippen molar-refractivity contribution in [2.45, 2.75) is 19.5 Å². The van der Waals surface area contributed by atoms with Crippen molar-refractivity contribution in [3.05, 3.63) is 29.8 Å². The fourth-order valence-electron chi connectivity index (χ4n) is 2.12. The maximum atomic E-state index is 5.44. The molecule has 0 aliphatic carbocycles. The van der Waals surface area contributed by atoms with Gasteiger partial charge >= 0.3 is 0 Å². The summed E-state index contributed by atoms with van der Waals surface area (Å²) in [6.07, 6.45) is 0. The van der Waals surface area contributed by atoms with Gasteiger partial charge in [-0.1, -0.05) is 12.1 Å². The van der Waals surface area contributed by atoms with Crippen LogP contribution in [0.2, 0.25) is 0 Å². The summed E-state index contributed by atoms with van der Waals surface area (Å²) in [6, 6.07) is 9.26. The topological polar surface area (TPSA) is 24.5 Å². The van der Waals surface area contributed by atoms with Crippen molar-refractivity contribution in [2.24, 2.45) is 0 Å². The first kappa shape index (κ1) is 11.4. The SMILES string of the molecule is CNCc1ccc(N2CCOCC2C)cc1. The predicted molar refractivity (Wildman–Crippen MR) is 66.8 cm³/mol. The van der Waals surface area contributed by atoms with Crippen LogP contribution >= 0.6 is 0 Å². The van der Waals surface area contributed by atoms with Crippen LogP contribution < -0.4 is 10.2 Å². The van der Waals surface area contributed by atoms with Gasteiger partial charge in [-0.15, -0.1) is 0 Å². The van der Waals surface area contributed by atoms with Gasteiger partial charge in [0.05, 0.1) is 13.2 Å². The first-order valence-electron chi connectivity index (χ1n) is 5.89. The molecule has 1 atom stereocenters. The molecule has 2 rings (SSSR count). The second-order valence-electron chi connectivity index (χ2n) is 4.31. The molecule has 1 aliphatic rings. The van der Waals surface area contributed by atoms with E-state index in [1.54, 1.807) is 0 Å². The third-order valence-electron chi connectivity index (χ3n) is 3.02. The zero-order chi connectivity index (χ0) is 11.4. The lowest BCUT2D eigenvalue weighted by atomic mass is 10.1. The number of hydrogen-bond donors (Lipinski definition) is 1. The van der Waals surface area contributed by atoms with E-state index in [1.165, 1.54) is 11.3 Å². The summed E-state index contributed by atoms with van der Waals surface area (Å²) >= 11 is 0.